The standard InChI is InChI=1S/C15H17FN2O3/c1-21-13(19)10-2-4-12(5-3-10)18-9-11-8-17-7-6-15(11,16)14(18)20/h2-5,11,17H,6-9H2,1H3/t11-,15+/m1/s1. The molecule has 0 aliphatic carbocycles. The fourth-order valence-corrected chi connectivity index (χ4v) is 3.05. The van der Waals surface area contributed by atoms with Crippen molar-refractivity contribution in [3.8, 4) is 0 Å². The van der Waals surface area contributed by atoms with Gasteiger partial charge in [-0.3, -0.25) is 4.79 Å². The average Bonchev–Trinajstić information content (AvgIpc) is 2.79. The molecule has 0 radical (unpaired) electrons. The Balaban J connectivity index is 1.84. The quantitative estimate of drug-likeness (QED) is 0.830. The van der Waals surface area contributed by atoms with Gasteiger partial charge < -0.3 is 15.0 Å². The number of carbonyl (C=O) groups is 2. The normalized spacial score (nSPS) is 28.4. The van der Waals surface area contributed by atoms with Gasteiger partial charge in [-0.05, 0) is 30.8 Å². The second kappa shape index (κ2) is 5.11. The topological polar surface area (TPSA) is 58.6 Å². The van der Waals surface area contributed by atoms with Crippen LogP contribution in [0.15, 0.2) is 24.3 Å². The number of methoxy groups -OCH3 is 1. The molecule has 0 bridgehead atoms. The van der Waals surface area contributed by atoms with Crippen LogP contribution in [0.1, 0.15) is 16.8 Å². The van der Waals surface area contributed by atoms with Crippen molar-refractivity contribution < 1.29 is 18.7 Å². The lowest BCUT2D eigenvalue weighted by Gasteiger charge is -2.29. The number of nitrogens with one attached hydrogen (secondary N) is 1. The summed E-state index contributed by atoms with van der Waals surface area (Å²) in [5.74, 6) is -1.23. The highest BCUT2D eigenvalue weighted by molar-refractivity contribution is 6.02. The maximum atomic E-state index is 14.8. The van der Waals surface area contributed by atoms with Crippen molar-refractivity contribution in [2.45, 2.75) is 12.1 Å². The van der Waals surface area contributed by atoms with Gasteiger partial charge in [0.1, 0.15) is 0 Å². The molecule has 5 nitrogen and oxygen atoms in total. The summed E-state index contributed by atoms with van der Waals surface area (Å²) < 4.78 is 19.5. The van der Waals surface area contributed by atoms with E-state index in [1.807, 2.05) is 0 Å². The predicted octanol–water partition coefficient (Wildman–Crippen LogP) is 1.14. The zero-order valence-corrected chi connectivity index (χ0v) is 11.8. The summed E-state index contributed by atoms with van der Waals surface area (Å²) in [7, 11) is 1.31. The van der Waals surface area contributed by atoms with E-state index in [0.29, 0.717) is 30.9 Å². The third kappa shape index (κ3) is 2.19. The summed E-state index contributed by atoms with van der Waals surface area (Å²) in [6.45, 7) is 1.40. The molecule has 0 aromatic heterocycles. The molecule has 112 valence electrons. The zero-order chi connectivity index (χ0) is 15.0. The number of piperidine rings is 1. The van der Waals surface area contributed by atoms with Gasteiger partial charge in [0, 0.05) is 31.1 Å². The highest BCUT2D eigenvalue weighted by atomic mass is 19.1. The van der Waals surface area contributed by atoms with Crippen molar-refractivity contribution in [3.63, 3.8) is 0 Å². The molecule has 1 N–H and O–H groups in total. The molecule has 2 fully saturated rings. The summed E-state index contributed by atoms with van der Waals surface area (Å²) in [6, 6.07) is 6.47. The number of benzene rings is 1. The predicted molar refractivity (Wildman–Crippen MR) is 75.0 cm³/mol. The Bertz CT molecular complexity index is 575. The lowest BCUT2D eigenvalue weighted by Crippen LogP contribution is -2.49. The van der Waals surface area contributed by atoms with Crippen LogP contribution < -0.4 is 10.2 Å². The van der Waals surface area contributed by atoms with Crippen LogP contribution in [0.3, 0.4) is 0 Å². The highest BCUT2D eigenvalue weighted by Gasteiger charge is 2.56. The Hall–Kier alpha value is -1.95. The molecule has 0 unspecified atom stereocenters. The number of fused-ring (bicyclic) bond motifs is 1. The first kappa shape index (κ1) is 14.0. The van der Waals surface area contributed by atoms with E-state index in [4.69, 9.17) is 0 Å². The van der Waals surface area contributed by atoms with E-state index in [-0.39, 0.29) is 12.3 Å². The number of hydrogen-bond acceptors (Lipinski definition) is 4. The van der Waals surface area contributed by atoms with Crippen LogP contribution in [0, 0.1) is 5.92 Å². The largest absolute Gasteiger partial charge is 0.465 e. The highest BCUT2D eigenvalue weighted by Crippen LogP contribution is 2.39. The molecule has 2 aliphatic rings. The van der Waals surface area contributed by atoms with Crippen LogP contribution in [-0.4, -0.2) is 44.3 Å². The molecule has 1 aromatic carbocycles. The Morgan fingerprint density at radius 1 is 1.43 bits per heavy atom. The SMILES string of the molecule is COC(=O)c1ccc(N2C[C@H]3CNCC[C@@]3(F)C2=O)cc1. The smallest absolute Gasteiger partial charge is 0.337 e. The van der Waals surface area contributed by atoms with Crippen LogP contribution in [0.2, 0.25) is 0 Å². The number of nitrogens with zero attached hydrogens (tertiary/aromatic N) is 1. The minimum Gasteiger partial charge on any atom is -0.465 e. The molecule has 2 aliphatic heterocycles. The zero-order valence-electron chi connectivity index (χ0n) is 11.8. The van der Waals surface area contributed by atoms with Gasteiger partial charge in [0.15, 0.2) is 5.67 Å². The van der Waals surface area contributed by atoms with Gasteiger partial charge in [0.05, 0.1) is 12.7 Å². The van der Waals surface area contributed by atoms with E-state index in [9.17, 15) is 14.0 Å². The molecule has 1 aromatic rings. The van der Waals surface area contributed by atoms with Crippen LogP contribution in [0.5, 0.6) is 0 Å². The number of amides is 1. The summed E-state index contributed by atoms with van der Waals surface area (Å²) in [6.07, 6.45) is 0.216. The average molecular weight is 292 g/mol. The van der Waals surface area contributed by atoms with Gasteiger partial charge in [0.25, 0.3) is 5.91 Å². The molecular formula is C15H17FN2O3. The Kier molecular flexibility index (Phi) is 3.41. The Morgan fingerprint density at radius 2 is 2.14 bits per heavy atom. The number of alkyl halides is 1. The van der Waals surface area contributed by atoms with Crippen molar-refractivity contribution in [1.29, 1.82) is 0 Å². The van der Waals surface area contributed by atoms with Crippen molar-refractivity contribution in [3.05, 3.63) is 29.8 Å². The van der Waals surface area contributed by atoms with Crippen molar-refractivity contribution in [1.82, 2.24) is 5.32 Å². The third-order valence-corrected chi connectivity index (χ3v) is 4.31. The maximum Gasteiger partial charge on any atom is 0.337 e. The van der Waals surface area contributed by atoms with Gasteiger partial charge in [0.2, 0.25) is 0 Å². The molecule has 2 saturated heterocycles. The summed E-state index contributed by atoms with van der Waals surface area (Å²) in [5, 5.41) is 3.13. The van der Waals surface area contributed by atoms with Crippen molar-refractivity contribution >= 4 is 17.6 Å². The minimum absolute atomic E-state index is 0.216. The first-order valence-corrected chi connectivity index (χ1v) is 6.96. The number of rotatable bonds is 2. The molecule has 0 saturated carbocycles. The number of ether oxygens (including phenoxy) is 1. The van der Waals surface area contributed by atoms with Crippen molar-refractivity contribution in [2.24, 2.45) is 5.92 Å². The third-order valence-electron chi connectivity index (χ3n) is 4.31. The molecule has 0 spiro atoms. The van der Waals surface area contributed by atoms with Gasteiger partial charge in [-0.2, -0.15) is 0 Å². The first-order valence-electron chi connectivity index (χ1n) is 6.96. The first-order chi connectivity index (χ1) is 10.1. The van der Waals surface area contributed by atoms with Crippen molar-refractivity contribution in [2.75, 3.05) is 31.6 Å². The maximum absolute atomic E-state index is 14.8. The molecular weight excluding hydrogens is 275 g/mol. The Morgan fingerprint density at radius 3 is 2.76 bits per heavy atom. The van der Waals surface area contributed by atoms with Crippen LogP contribution in [0.4, 0.5) is 10.1 Å². The number of carbonyl (C=O) groups excluding carboxylic acids is 2. The van der Waals surface area contributed by atoms with E-state index < -0.39 is 17.5 Å². The van der Waals surface area contributed by atoms with Gasteiger partial charge in [-0.1, -0.05) is 0 Å². The van der Waals surface area contributed by atoms with Crippen LogP contribution >= 0.6 is 0 Å². The number of halogens is 1. The van der Waals surface area contributed by atoms with Crippen LogP contribution in [-0.2, 0) is 9.53 Å². The van der Waals surface area contributed by atoms with E-state index in [0.717, 1.165) is 0 Å². The van der Waals surface area contributed by atoms with E-state index >= 15 is 0 Å². The Labute approximate surface area is 122 Å². The van der Waals surface area contributed by atoms with Gasteiger partial charge >= 0.3 is 5.97 Å². The lowest BCUT2D eigenvalue weighted by atomic mass is 9.86. The monoisotopic (exact) mass is 292 g/mol. The van der Waals surface area contributed by atoms with Gasteiger partial charge in [-0.15, -0.1) is 0 Å². The molecule has 2 heterocycles. The van der Waals surface area contributed by atoms with E-state index in [1.165, 1.54) is 12.0 Å². The molecule has 21 heavy (non-hydrogen) atoms. The second-order valence-electron chi connectivity index (χ2n) is 5.47. The fourth-order valence-electron chi connectivity index (χ4n) is 3.05. The number of hydrogen-bond donors (Lipinski definition) is 1. The van der Waals surface area contributed by atoms with E-state index in [1.54, 1.807) is 24.3 Å². The van der Waals surface area contributed by atoms with Gasteiger partial charge in [-0.25, -0.2) is 9.18 Å². The number of anilines is 1. The van der Waals surface area contributed by atoms with E-state index in [2.05, 4.69) is 10.1 Å². The molecule has 1 amide bonds. The molecule has 3 rings (SSSR count). The second-order valence-corrected chi connectivity index (χ2v) is 5.47. The summed E-state index contributed by atoms with van der Waals surface area (Å²) in [4.78, 5) is 25.2. The summed E-state index contributed by atoms with van der Waals surface area (Å²) >= 11 is 0. The number of esters is 1. The molecule has 6 heteroatoms. The fraction of sp³-hybridized carbons (Fsp3) is 0.467. The summed E-state index contributed by atoms with van der Waals surface area (Å²) in [5.41, 5.74) is -0.743. The molecule has 2 atom stereocenters. The lowest BCUT2D eigenvalue weighted by molar-refractivity contribution is -0.130. The van der Waals surface area contributed by atoms with Crippen LogP contribution in [0.25, 0.3) is 0 Å². The minimum atomic E-state index is -1.76.